The van der Waals surface area contributed by atoms with E-state index in [1.54, 1.807) is 29.2 Å². The van der Waals surface area contributed by atoms with Gasteiger partial charge in [0.25, 0.3) is 11.8 Å². The first-order valence-electron chi connectivity index (χ1n) is 10.2. The summed E-state index contributed by atoms with van der Waals surface area (Å²) in [6, 6.07) is 18.7. The van der Waals surface area contributed by atoms with Crippen LogP contribution < -0.4 is 10.2 Å². The number of amides is 2. The van der Waals surface area contributed by atoms with Crippen LogP contribution in [0.15, 0.2) is 60.7 Å². The number of phenolic OH excluding ortho intramolecular Hbond substituents is 1. The SMILES string of the molecule is Cc1ccc(C(=O)NC2CC2)cc1-c1ccc2c(c1)CN(c1ccccc1O)C2=O. The van der Waals surface area contributed by atoms with E-state index in [-0.39, 0.29) is 17.6 Å². The van der Waals surface area contributed by atoms with Crippen LogP contribution in [-0.4, -0.2) is 23.0 Å². The quantitative estimate of drug-likeness (QED) is 0.684. The molecule has 150 valence electrons. The molecule has 5 heteroatoms. The van der Waals surface area contributed by atoms with Gasteiger partial charge < -0.3 is 15.3 Å². The summed E-state index contributed by atoms with van der Waals surface area (Å²) in [6.07, 6.45) is 2.10. The number of carbonyl (C=O) groups is 2. The molecule has 3 aromatic rings. The van der Waals surface area contributed by atoms with Crippen LogP contribution in [0.3, 0.4) is 0 Å². The van der Waals surface area contributed by atoms with Crippen molar-refractivity contribution in [3.05, 3.63) is 82.9 Å². The van der Waals surface area contributed by atoms with Gasteiger partial charge in [-0.25, -0.2) is 0 Å². The lowest BCUT2D eigenvalue weighted by Crippen LogP contribution is -2.25. The van der Waals surface area contributed by atoms with Crippen molar-refractivity contribution in [2.24, 2.45) is 0 Å². The lowest BCUT2D eigenvalue weighted by Gasteiger charge is -2.16. The summed E-state index contributed by atoms with van der Waals surface area (Å²) in [5.74, 6) is -0.0720. The molecule has 0 radical (unpaired) electrons. The number of aryl methyl sites for hydroxylation is 1. The lowest BCUT2D eigenvalue weighted by molar-refractivity contribution is 0.0949. The Labute approximate surface area is 175 Å². The molecule has 0 bridgehead atoms. The Morgan fingerprint density at radius 1 is 1.03 bits per heavy atom. The van der Waals surface area contributed by atoms with E-state index < -0.39 is 0 Å². The van der Waals surface area contributed by atoms with E-state index in [0.29, 0.717) is 29.4 Å². The van der Waals surface area contributed by atoms with Gasteiger partial charge >= 0.3 is 0 Å². The van der Waals surface area contributed by atoms with Crippen molar-refractivity contribution < 1.29 is 14.7 Å². The Hall–Kier alpha value is -3.60. The van der Waals surface area contributed by atoms with Gasteiger partial charge in [0.2, 0.25) is 0 Å². The van der Waals surface area contributed by atoms with Gasteiger partial charge in [0.1, 0.15) is 5.75 Å². The summed E-state index contributed by atoms with van der Waals surface area (Å²) in [6.45, 7) is 2.42. The first-order valence-corrected chi connectivity index (χ1v) is 10.2. The molecule has 2 N–H and O–H groups in total. The van der Waals surface area contributed by atoms with E-state index in [1.807, 2.05) is 43.3 Å². The fourth-order valence-corrected chi connectivity index (χ4v) is 3.95. The van der Waals surface area contributed by atoms with Gasteiger partial charge in [0.05, 0.1) is 12.2 Å². The molecular formula is C25H22N2O3. The zero-order chi connectivity index (χ0) is 20.8. The Morgan fingerprint density at radius 2 is 1.83 bits per heavy atom. The molecule has 5 rings (SSSR count). The highest BCUT2D eigenvalue weighted by Crippen LogP contribution is 2.36. The number of carbonyl (C=O) groups excluding carboxylic acids is 2. The molecule has 30 heavy (non-hydrogen) atoms. The fourth-order valence-electron chi connectivity index (χ4n) is 3.95. The first-order chi connectivity index (χ1) is 14.5. The van der Waals surface area contributed by atoms with Crippen molar-refractivity contribution in [1.29, 1.82) is 0 Å². The Morgan fingerprint density at radius 3 is 2.60 bits per heavy atom. The smallest absolute Gasteiger partial charge is 0.259 e. The Bertz CT molecular complexity index is 1180. The molecule has 0 atom stereocenters. The Kier molecular flexibility index (Phi) is 4.31. The number of hydrogen-bond acceptors (Lipinski definition) is 3. The highest BCUT2D eigenvalue weighted by atomic mass is 16.3. The van der Waals surface area contributed by atoms with Crippen LogP contribution in [0.1, 0.15) is 44.7 Å². The number of para-hydroxylation sites is 2. The first kappa shape index (κ1) is 18.4. The molecule has 1 aliphatic carbocycles. The van der Waals surface area contributed by atoms with E-state index in [9.17, 15) is 14.7 Å². The predicted octanol–water partition coefficient (Wildman–Crippen LogP) is 4.42. The van der Waals surface area contributed by atoms with Gasteiger partial charge in [-0.3, -0.25) is 9.59 Å². The summed E-state index contributed by atoms with van der Waals surface area (Å²) in [5.41, 5.74) is 5.73. The Balaban J connectivity index is 1.48. The summed E-state index contributed by atoms with van der Waals surface area (Å²) in [7, 11) is 0. The highest BCUT2D eigenvalue weighted by molar-refractivity contribution is 6.11. The molecule has 0 aromatic heterocycles. The number of phenols is 1. The van der Waals surface area contributed by atoms with Crippen LogP contribution in [0, 0.1) is 6.92 Å². The molecule has 0 unspecified atom stereocenters. The number of hydrogen-bond donors (Lipinski definition) is 2. The van der Waals surface area contributed by atoms with Crippen molar-refractivity contribution in [3.63, 3.8) is 0 Å². The number of nitrogens with zero attached hydrogens (tertiary/aromatic N) is 1. The van der Waals surface area contributed by atoms with E-state index in [0.717, 1.165) is 35.1 Å². The standard InChI is InChI=1S/C25H22N2O3/c1-15-6-7-17(24(29)26-19-9-10-19)13-21(15)16-8-11-20-18(12-16)14-27(25(20)30)22-4-2-3-5-23(22)28/h2-8,11-13,19,28H,9-10,14H2,1H3,(H,26,29). The van der Waals surface area contributed by atoms with Crippen molar-refractivity contribution in [2.45, 2.75) is 32.4 Å². The van der Waals surface area contributed by atoms with Crippen LogP contribution in [-0.2, 0) is 6.54 Å². The van der Waals surface area contributed by atoms with Gasteiger partial charge in [0.15, 0.2) is 0 Å². The third kappa shape index (κ3) is 3.22. The number of rotatable bonds is 4. The highest BCUT2D eigenvalue weighted by Gasteiger charge is 2.30. The van der Waals surface area contributed by atoms with Gasteiger partial charge in [0, 0.05) is 17.2 Å². The maximum Gasteiger partial charge on any atom is 0.259 e. The number of benzene rings is 3. The predicted molar refractivity (Wildman–Crippen MR) is 116 cm³/mol. The molecule has 1 saturated carbocycles. The van der Waals surface area contributed by atoms with Crippen molar-refractivity contribution in [2.75, 3.05) is 4.90 Å². The molecular weight excluding hydrogens is 376 g/mol. The molecule has 0 saturated heterocycles. The van der Waals surface area contributed by atoms with Crippen LogP contribution in [0.5, 0.6) is 5.75 Å². The van der Waals surface area contributed by atoms with E-state index in [1.165, 1.54) is 0 Å². The average Bonchev–Trinajstić information content (AvgIpc) is 3.50. The summed E-state index contributed by atoms with van der Waals surface area (Å²) < 4.78 is 0. The minimum Gasteiger partial charge on any atom is -0.506 e. The third-order valence-corrected chi connectivity index (χ3v) is 5.81. The van der Waals surface area contributed by atoms with Crippen LogP contribution in [0.4, 0.5) is 5.69 Å². The summed E-state index contributed by atoms with van der Waals surface area (Å²) in [5, 5.41) is 13.2. The molecule has 1 heterocycles. The normalized spacial score (nSPS) is 15.2. The second-order valence-corrected chi connectivity index (χ2v) is 8.03. The number of fused-ring (bicyclic) bond motifs is 1. The number of nitrogens with one attached hydrogen (secondary N) is 1. The van der Waals surface area contributed by atoms with Crippen LogP contribution >= 0.6 is 0 Å². The maximum absolute atomic E-state index is 12.9. The van der Waals surface area contributed by atoms with Gasteiger partial charge in [-0.2, -0.15) is 0 Å². The minimum atomic E-state index is -0.118. The monoisotopic (exact) mass is 398 g/mol. The van der Waals surface area contributed by atoms with Crippen molar-refractivity contribution in [3.8, 4) is 16.9 Å². The molecule has 0 spiro atoms. The largest absolute Gasteiger partial charge is 0.506 e. The average molecular weight is 398 g/mol. The van der Waals surface area contributed by atoms with Gasteiger partial charge in [-0.15, -0.1) is 0 Å². The molecule has 2 amide bonds. The zero-order valence-corrected chi connectivity index (χ0v) is 16.7. The zero-order valence-electron chi connectivity index (χ0n) is 16.7. The maximum atomic E-state index is 12.9. The fraction of sp³-hybridized carbons (Fsp3) is 0.200. The van der Waals surface area contributed by atoms with E-state index in [4.69, 9.17) is 0 Å². The molecule has 1 aliphatic heterocycles. The second-order valence-electron chi connectivity index (χ2n) is 8.03. The minimum absolute atomic E-state index is 0.0409. The molecule has 2 aliphatic rings. The van der Waals surface area contributed by atoms with E-state index >= 15 is 0 Å². The van der Waals surface area contributed by atoms with Crippen molar-refractivity contribution >= 4 is 17.5 Å². The van der Waals surface area contributed by atoms with Crippen LogP contribution in [0.2, 0.25) is 0 Å². The van der Waals surface area contributed by atoms with E-state index in [2.05, 4.69) is 5.32 Å². The lowest BCUT2D eigenvalue weighted by atomic mass is 9.95. The van der Waals surface area contributed by atoms with Crippen LogP contribution in [0.25, 0.3) is 11.1 Å². The van der Waals surface area contributed by atoms with Crippen molar-refractivity contribution in [1.82, 2.24) is 5.32 Å². The summed E-state index contributed by atoms with van der Waals surface area (Å²) in [4.78, 5) is 26.9. The molecule has 3 aromatic carbocycles. The molecule has 1 fully saturated rings. The number of aromatic hydroxyl groups is 1. The topological polar surface area (TPSA) is 69.6 Å². The second kappa shape index (κ2) is 7.02. The van der Waals surface area contributed by atoms with Gasteiger partial charge in [-0.05, 0) is 78.4 Å². The molecule has 5 nitrogen and oxygen atoms in total. The third-order valence-electron chi connectivity index (χ3n) is 5.81. The summed E-state index contributed by atoms with van der Waals surface area (Å²) >= 11 is 0. The number of anilines is 1. The van der Waals surface area contributed by atoms with Gasteiger partial charge in [-0.1, -0.05) is 24.3 Å².